The van der Waals surface area contributed by atoms with Gasteiger partial charge in [-0.05, 0) is 44.2 Å². The summed E-state index contributed by atoms with van der Waals surface area (Å²) in [5.74, 6) is 0.341. The smallest absolute Gasteiger partial charge is 0.407 e. The lowest BCUT2D eigenvalue weighted by Gasteiger charge is -2.08. The summed E-state index contributed by atoms with van der Waals surface area (Å²) in [5, 5.41) is 2.58. The summed E-state index contributed by atoms with van der Waals surface area (Å²) in [6.07, 6.45) is 1.00. The van der Waals surface area contributed by atoms with Gasteiger partial charge in [0.25, 0.3) is 5.91 Å². The summed E-state index contributed by atoms with van der Waals surface area (Å²) in [6, 6.07) is 8.49. The van der Waals surface area contributed by atoms with E-state index in [-0.39, 0.29) is 19.1 Å². The number of imidazole rings is 1. The Morgan fingerprint density at radius 1 is 1.27 bits per heavy atom. The van der Waals surface area contributed by atoms with E-state index in [1.54, 1.807) is 44.2 Å². The van der Waals surface area contributed by atoms with Crippen molar-refractivity contribution in [1.82, 2.24) is 19.9 Å². The van der Waals surface area contributed by atoms with Gasteiger partial charge in [0.15, 0.2) is 0 Å². The molecule has 1 aromatic carbocycles. The number of nitrogens with two attached hydrogens (primary N) is 1. The molecule has 0 aliphatic rings. The van der Waals surface area contributed by atoms with Crippen molar-refractivity contribution in [2.45, 2.75) is 20.4 Å². The Morgan fingerprint density at radius 3 is 2.85 bits per heavy atom. The Balaban J connectivity index is 1.88. The molecule has 3 aromatic rings. The fourth-order valence-corrected chi connectivity index (χ4v) is 2.66. The zero-order valence-corrected chi connectivity index (χ0v) is 14.5. The molecule has 8 heteroatoms. The van der Waals surface area contributed by atoms with Crippen LogP contribution in [-0.2, 0) is 11.3 Å². The molecule has 1 amide bonds. The van der Waals surface area contributed by atoms with Gasteiger partial charge in [-0.3, -0.25) is 14.3 Å². The third-order valence-corrected chi connectivity index (χ3v) is 3.80. The van der Waals surface area contributed by atoms with Crippen LogP contribution in [0.15, 0.2) is 36.5 Å². The van der Waals surface area contributed by atoms with Crippen molar-refractivity contribution in [3.05, 3.63) is 53.6 Å². The summed E-state index contributed by atoms with van der Waals surface area (Å²) >= 11 is 0. The maximum Gasteiger partial charge on any atom is 0.407 e. The van der Waals surface area contributed by atoms with Gasteiger partial charge in [-0.25, -0.2) is 9.78 Å². The number of pyridine rings is 1. The zero-order chi connectivity index (χ0) is 18.7. The molecule has 0 bridgehead atoms. The van der Waals surface area contributed by atoms with Crippen molar-refractivity contribution < 1.29 is 14.3 Å². The number of fused-ring (bicyclic) bond motifs is 1. The highest BCUT2D eigenvalue weighted by atomic mass is 16.5. The highest BCUT2D eigenvalue weighted by Gasteiger charge is 2.17. The highest BCUT2D eigenvalue weighted by Crippen LogP contribution is 2.20. The minimum Gasteiger partial charge on any atom is -0.450 e. The molecule has 2 heterocycles. The summed E-state index contributed by atoms with van der Waals surface area (Å²) < 4.78 is 6.34. The number of rotatable bonds is 4. The Hall–Kier alpha value is -3.42. The van der Waals surface area contributed by atoms with Gasteiger partial charge in [0, 0.05) is 17.4 Å². The van der Waals surface area contributed by atoms with Gasteiger partial charge in [0.1, 0.15) is 5.82 Å². The number of amides is 1. The van der Waals surface area contributed by atoms with Crippen LogP contribution in [0, 0.1) is 6.92 Å². The molecule has 26 heavy (non-hydrogen) atoms. The van der Waals surface area contributed by atoms with E-state index in [4.69, 9.17) is 10.5 Å². The Labute approximate surface area is 150 Å². The second-order valence-electron chi connectivity index (χ2n) is 5.66. The van der Waals surface area contributed by atoms with E-state index in [1.807, 2.05) is 0 Å². The molecule has 0 saturated carbocycles. The van der Waals surface area contributed by atoms with Crippen LogP contribution in [0.3, 0.4) is 0 Å². The molecule has 2 aromatic heterocycles. The normalized spacial score (nSPS) is 10.7. The first-order valence-corrected chi connectivity index (χ1v) is 8.14. The van der Waals surface area contributed by atoms with Crippen molar-refractivity contribution in [3.63, 3.8) is 0 Å². The lowest BCUT2D eigenvalue weighted by Crippen LogP contribution is -2.24. The molecular formula is C18H19N5O3. The molecule has 0 unspecified atom stereocenters. The molecule has 0 saturated heterocycles. The summed E-state index contributed by atoms with van der Waals surface area (Å²) in [6.45, 7) is 3.94. The zero-order valence-electron chi connectivity index (χ0n) is 14.5. The Kier molecular flexibility index (Phi) is 4.83. The van der Waals surface area contributed by atoms with Crippen LogP contribution in [0.1, 0.15) is 28.8 Å². The lowest BCUT2D eigenvalue weighted by atomic mass is 10.2. The second-order valence-corrected chi connectivity index (χ2v) is 5.66. The van der Waals surface area contributed by atoms with Crippen molar-refractivity contribution in [3.8, 4) is 0 Å². The number of hydrogen-bond acceptors (Lipinski definition) is 6. The Morgan fingerprint density at radius 2 is 2.08 bits per heavy atom. The summed E-state index contributed by atoms with van der Waals surface area (Å²) in [5.41, 5.74) is 8.71. The molecule has 3 rings (SSSR count). The molecule has 3 N–H and O–H groups in total. The van der Waals surface area contributed by atoms with Crippen LogP contribution in [0.2, 0.25) is 0 Å². The molecule has 0 spiro atoms. The van der Waals surface area contributed by atoms with Gasteiger partial charge in [-0.2, -0.15) is 0 Å². The predicted molar refractivity (Wildman–Crippen MR) is 96.7 cm³/mol. The quantitative estimate of drug-likeness (QED) is 0.696. The Bertz CT molecular complexity index is 980. The van der Waals surface area contributed by atoms with E-state index in [0.717, 1.165) is 0 Å². The molecule has 0 aliphatic carbocycles. The van der Waals surface area contributed by atoms with Gasteiger partial charge in [0.05, 0.1) is 29.9 Å². The van der Waals surface area contributed by atoms with Crippen LogP contribution >= 0.6 is 0 Å². The largest absolute Gasteiger partial charge is 0.450 e. The number of nitrogens with zero attached hydrogens (tertiary/aromatic N) is 3. The number of anilines is 1. The van der Waals surface area contributed by atoms with Crippen molar-refractivity contribution in [1.29, 1.82) is 0 Å². The van der Waals surface area contributed by atoms with Crippen LogP contribution in [0.4, 0.5) is 10.5 Å². The number of ether oxygens (including phenoxy) is 1. The van der Waals surface area contributed by atoms with E-state index in [9.17, 15) is 9.59 Å². The first kappa shape index (κ1) is 17.4. The third kappa shape index (κ3) is 3.49. The minimum absolute atomic E-state index is 0.167. The maximum absolute atomic E-state index is 13.0. The van der Waals surface area contributed by atoms with E-state index in [1.165, 1.54) is 10.8 Å². The molecule has 0 radical (unpaired) electrons. The van der Waals surface area contributed by atoms with Crippen molar-refractivity contribution in [2.24, 2.45) is 0 Å². The lowest BCUT2D eigenvalue weighted by molar-refractivity contribution is 0.0962. The molecule has 0 fully saturated rings. The number of carbonyl (C=O) groups excluding carboxylic acids is 2. The number of aryl methyl sites for hydroxylation is 1. The van der Waals surface area contributed by atoms with Gasteiger partial charge in [-0.15, -0.1) is 0 Å². The average molecular weight is 353 g/mol. The number of benzene rings is 1. The summed E-state index contributed by atoms with van der Waals surface area (Å²) in [7, 11) is 0. The average Bonchev–Trinajstić information content (AvgIpc) is 2.94. The first-order chi connectivity index (χ1) is 12.5. The predicted octanol–water partition coefficient (Wildman–Crippen LogP) is 2.26. The monoisotopic (exact) mass is 353 g/mol. The van der Waals surface area contributed by atoms with Gasteiger partial charge in [0.2, 0.25) is 0 Å². The second kappa shape index (κ2) is 7.22. The number of aromatic nitrogens is 3. The van der Waals surface area contributed by atoms with Crippen molar-refractivity contribution in [2.75, 3.05) is 12.3 Å². The fourth-order valence-electron chi connectivity index (χ4n) is 2.66. The number of carbonyl (C=O) groups is 2. The number of alkyl carbamates (subject to hydrolysis) is 1. The number of hydrogen-bond donors (Lipinski definition) is 2. The van der Waals surface area contributed by atoms with Crippen LogP contribution in [0.25, 0.3) is 11.0 Å². The molecule has 134 valence electrons. The van der Waals surface area contributed by atoms with E-state index >= 15 is 0 Å². The third-order valence-electron chi connectivity index (χ3n) is 3.80. The van der Waals surface area contributed by atoms with E-state index in [2.05, 4.69) is 15.3 Å². The maximum atomic E-state index is 13.0. The molecular weight excluding hydrogens is 334 g/mol. The molecule has 0 aliphatic heterocycles. The standard InChI is InChI=1S/C18H19N5O3/c1-3-26-18(25)21-10-14-8-12(6-7-20-14)17(24)23-11(2)22-15-9-13(19)4-5-16(15)23/h4-9H,3,10,19H2,1-2H3,(H,21,25). The molecule has 8 nitrogen and oxygen atoms in total. The van der Waals surface area contributed by atoms with Gasteiger partial charge in [-0.1, -0.05) is 0 Å². The van der Waals surface area contributed by atoms with Crippen molar-refractivity contribution >= 4 is 28.7 Å². The van der Waals surface area contributed by atoms with Crippen LogP contribution in [-0.4, -0.2) is 33.1 Å². The molecule has 0 atom stereocenters. The minimum atomic E-state index is -0.528. The highest BCUT2D eigenvalue weighted by molar-refractivity contribution is 6.02. The summed E-state index contributed by atoms with van der Waals surface area (Å²) in [4.78, 5) is 32.9. The van der Waals surface area contributed by atoms with Gasteiger partial charge < -0.3 is 15.8 Å². The van der Waals surface area contributed by atoms with Gasteiger partial charge >= 0.3 is 6.09 Å². The first-order valence-electron chi connectivity index (χ1n) is 8.14. The number of nitrogen functional groups attached to an aromatic ring is 1. The fraction of sp³-hybridized carbons (Fsp3) is 0.222. The van der Waals surface area contributed by atoms with E-state index in [0.29, 0.717) is 33.8 Å². The van der Waals surface area contributed by atoms with E-state index < -0.39 is 6.09 Å². The number of nitrogens with one attached hydrogen (secondary N) is 1. The SMILES string of the molecule is CCOC(=O)NCc1cc(C(=O)n2c(C)nc3cc(N)ccc32)ccn1. The van der Waals surface area contributed by atoms with Crippen LogP contribution < -0.4 is 11.1 Å². The topological polar surface area (TPSA) is 112 Å². The van der Waals surface area contributed by atoms with Crippen LogP contribution in [0.5, 0.6) is 0 Å².